The molecule has 0 aliphatic carbocycles. The Hall–Kier alpha value is -1.42. The molecule has 96 valence electrons. The zero-order valence-electron chi connectivity index (χ0n) is 10.6. The van der Waals surface area contributed by atoms with E-state index in [9.17, 15) is 0 Å². The average molecular weight is 309 g/mol. The smallest absolute Gasteiger partial charge is 0.122 e. The second-order valence-electron chi connectivity index (χ2n) is 4.02. The van der Waals surface area contributed by atoms with Crippen LogP contribution in [0.25, 0.3) is 0 Å². The highest BCUT2D eigenvalue weighted by Gasteiger charge is 2.02. The summed E-state index contributed by atoms with van der Waals surface area (Å²) in [5, 5.41) is 3.41. The molecule has 0 atom stereocenters. The number of methoxy groups -OCH3 is 1. The summed E-state index contributed by atoms with van der Waals surface area (Å²) in [7, 11) is 1.67. The first-order valence-electron chi connectivity index (χ1n) is 5.95. The molecular weight excluding hydrogens is 292 g/mol. The van der Waals surface area contributed by atoms with Gasteiger partial charge in [-0.1, -0.05) is 15.9 Å². The molecule has 1 aromatic carbocycles. The predicted molar refractivity (Wildman–Crippen MR) is 78.1 cm³/mol. The van der Waals surface area contributed by atoms with E-state index in [0.717, 1.165) is 29.0 Å². The third-order valence-electron chi connectivity index (χ3n) is 2.84. The van der Waals surface area contributed by atoms with Crippen molar-refractivity contribution in [2.24, 2.45) is 0 Å². The molecule has 0 radical (unpaired) electrons. The van der Waals surface area contributed by atoms with Gasteiger partial charge in [-0.25, -0.2) is 0 Å². The minimum atomic E-state index is 0.806. The SMILES string of the molecule is CCn1cccc1CNc1cc(Br)cc(OC)c1. The van der Waals surface area contributed by atoms with E-state index in [4.69, 9.17) is 4.74 Å². The van der Waals surface area contributed by atoms with Crippen molar-refractivity contribution >= 4 is 21.6 Å². The van der Waals surface area contributed by atoms with Gasteiger partial charge in [0, 0.05) is 34.7 Å². The van der Waals surface area contributed by atoms with Crippen LogP contribution in [0.1, 0.15) is 12.6 Å². The number of aromatic nitrogens is 1. The molecule has 1 N–H and O–H groups in total. The molecule has 2 rings (SSSR count). The van der Waals surface area contributed by atoms with Crippen molar-refractivity contribution in [3.63, 3.8) is 0 Å². The van der Waals surface area contributed by atoms with Crippen LogP contribution in [0.5, 0.6) is 5.75 Å². The topological polar surface area (TPSA) is 26.2 Å². The van der Waals surface area contributed by atoms with E-state index in [0.29, 0.717) is 0 Å². The second-order valence-corrected chi connectivity index (χ2v) is 4.93. The maximum atomic E-state index is 5.24. The second kappa shape index (κ2) is 5.96. The van der Waals surface area contributed by atoms with E-state index in [2.05, 4.69) is 51.1 Å². The van der Waals surface area contributed by atoms with Crippen molar-refractivity contribution in [1.82, 2.24) is 4.57 Å². The summed E-state index contributed by atoms with van der Waals surface area (Å²) in [5.74, 6) is 0.845. The summed E-state index contributed by atoms with van der Waals surface area (Å²) in [6.07, 6.45) is 2.10. The lowest BCUT2D eigenvalue weighted by Gasteiger charge is -2.11. The third kappa shape index (κ3) is 3.07. The first-order valence-corrected chi connectivity index (χ1v) is 6.74. The fourth-order valence-corrected chi connectivity index (χ4v) is 2.37. The van der Waals surface area contributed by atoms with Gasteiger partial charge in [-0.3, -0.25) is 0 Å². The average Bonchev–Trinajstić information content (AvgIpc) is 2.83. The van der Waals surface area contributed by atoms with Crippen molar-refractivity contribution in [3.8, 4) is 5.75 Å². The zero-order chi connectivity index (χ0) is 13.0. The molecule has 2 aromatic rings. The summed E-state index contributed by atoms with van der Waals surface area (Å²) in [6.45, 7) is 3.94. The van der Waals surface area contributed by atoms with Crippen LogP contribution in [0.2, 0.25) is 0 Å². The van der Waals surface area contributed by atoms with Gasteiger partial charge < -0.3 is 14.6 Å². The number of nitrogens with zero attached hydrogens (tertiary/aromatic N) is 1. The van der Waals surface area contributed by atoms with Crippen LogP contribution < -0.4 is 10.1 Å². The number of aryl methyl sites for hydroxylation is 1. The van der Waals surface area contributed by atoms with Crippen molar-refractivity contribution in [3.05, 3.63) is 46.7 Å². The van der Waals surface area contributed by atoms with Gasteiger partial charge in [0.25, 0.3) is 0 Å². The van der Waals surface area contributed by atoms with Gasteiger partial charge in [0.2, 0.25) is 0 Å². The van der Waals surface area contributed by atoms with E-state index < -0.39 is 0 Å². The summed E-state index contributed by atoms with van der Waals surface area (Å²) < 4.78 is 8.48. The normalized spacial score (nSPS) is 10.4. The van der Waals surface area contributed by atoms with E-state index in [1.165, 1.54) is 5.69 Å². The Morgan fingerprint density at radius 3 is 2.89 bits per heavy atom. The van der Waals surface area contributed by atoms with Crippen LogP contribution in [0, 0.1) is 0 Å². The fraction of sp³-hybridized carbons (Fsp3) is 0.286. The zero-order valence-corrected chi connectivity index (χ0v) is 12.2. The molecule has 0 unspecified atom stereocenters. The number of halogens is 1. The number of ether oxygens (including phenoxy) is 1. The monoisotopic (exact) mass is 308 g/mol. The molecule has 0 spiro atoms. The highest BCUT2D eigenvalue weighted by Crippen LogP contribution is 2.24. The lowest BCUT2D eigenvalue weighted by Crippen LogP contribution is -2.06. The van der Waals surface area contributed by atoms with Gasteiger partial charge in [-0.15, -0.1) is 0 Å². The number of hydrogen-bond donors (Lipinski definition) is 1. The lowest BCUT2D eigenvalue weighted by atomic mass is 10.3. The molecule has 1 aromatic heterocycles. The molecule has 0 amide bonds. The summed E-state index contributed by atoms with van der Waals surface area (Å²) in [4.78, 5) is 0. The highest BCUT2D eigenvalue weighted by atomic mass is 79.9. The molecule has 0 bridgehead atoms. The Balaban J connectivity index is 2.08. The highest BCUT2D eigenvalue weighted by molar-refractivity contribution is 9.10. The van der Waals surface area contributed by atoms with Gasteiger partial charge in [-0.05, 0) is 31.2 Å². The van der Waals surface area contributed by atoms with Gasteiger partial charge in [0.15, 0.2) is 0 Å². The van der Waals surface area contributed by atoms with Crippen molar-refractivity contribution in [1.29, 1.82) is 0 Å². The largest absolute Gasteiger partial charge is 0.497 e. The predicted octanol–water partition coefficient (Wildman–Crippen LogP) is 3.89. The Morgan fingerprint density at radius 1 is 1.33 bits per heavy atom. The molecule has 0 saturated carbocycles. The van der Waals surface area contributed by atoms with Gasteiger partial charge in [-0.2, -0.15) is 0 Å². The van der Waals surface area contributed by atoms with Crippen molar-refractivity contribution in [2.75, 3.05) is 12.4 Å². The van der Waals surface area contributed by atoms with E-state index in [1.807, 2.05) is 18.2 Å². The fourth-order valence-electron chi connectivity index (χ4n) is 1.89. The van der Waals surface area contributed by atoms with Gasteiger partial charge in [0.1, 0.15) is 5.75 Å². The molecule has 0 fully saturated rings. The quantitative estimate of drug-likeness (QED) is 0.907. The number of hydrogen-bond acceptors (Lipinski definition) is 2. The molecule has 0 saturated heterocycles. The van der Waals surface area contributed by atoms with Crippen LogP contribution in [-0.4, -0.2) is 11.7 Å². The third-order valence-corrected chi connectivity index (χ3v) is 3.30. The van der Waals surface area contributed by atoms with Crippen molar-refractivity contribution < 1.29 is 4.74 Å². The first kappa shape index (κ1) is 13.0. The summed E-state index contributed by atoms with van der Waals surface area (Å²) in [6, 6.07) is 10.2. The number of benzene rings is 1. The van der Waals surface area contributed by atoms with Crippen LogP contribution in [-0.2, 0) is 13.1 Å². The van der Waals surface area contributed by atoms with E-state index >= 15 is 0 Å². The molecule has 3 nitrogen and oxygen atoms in total. The van der Waals surface area contributed by atoms with Crippen LogP contribution >= 0.6 is 15.9 Å². The summed E-state index contributed by atoms with van der Waals surface area (Å²) >= 11 is 3.48. The maximum Gasteiger partial charge on any atom is 0.122 e. The molecule has 1 heterocycles. The Morgan fingerprint density at radius 2 is 2.17 bits per heavy atom. The number of nitrogens with one attached hydrogen (secondary N) is 1. The van der Waals surface area contributed by atoms with E-state index in [1.54, 1.807) is 7.11 Å². The van der Waals surface area contributed by atoms with Crippen LogP contribution in [0.3, 0.4) is 0 Å². The summed E-state index contributed by atoms with van der Waals surface area (Å²) in [5.41, 5.74) is 2.32. The Labute approximate surface area is 116 Å². The molecular formula is C14H17BrN2O. The molecule has 0 aliphatic rings. The molecule has 18 heavy (non-hydrogen) atoms. The Bertz CT molecular complexity index is 522. The number of anilines is 1. The Kier molecular flexibility index (Phi) is 4.31. The molecule has 4 heteroatoms. The number of rotatable bonds is 5. The lowest BCUT2D eigenvalue weighted by molar-refractivity contribution is 0.414. The first-order chi connectivity index (χ1) is 8.72. The standard InChI is InChI=1S/C14H17BrN2O/c1-3-17-6-4-5-13(17)10-16-12-7-11(15)8-14(9-12)18-2/h4-9,16H,3,10H2,1-2H3. The van der Waals surface area contributed by atoms with Crippen LogP contribution in [0.15, 0.2) is 41.0 Å². The minimum absolute atomic E-state index is 0.806. The van der Waals surface area contributed by atoms with Crippen molar-refractivity contribution in [2.45, 2.75) is 20.0 Å². The van der Waals surface area contributed by atoms with Crippen LogP contribution in [0.4, 0.5) is 5.69 Å². The maximum absolute atomic E-state index is 5.24. The van der Waals surface area contributed by atoms with Gasteiger partial charge in [0.05, 0.1) is 13.7 Å². The van der Waals surface area contributed by atoms with E-state index in [-0.39, 0.29) is 0 Å². The minimum Gasteiger partial charge on any atom is -0.497 e. The molecule has 0 aliphatic heterocycles. The van der Waals surface area contributed by atoms with Gasteiger partial charge >= 0.3 is 0 Å².